The lowest BCUT2D eigenvalue weighted by Crippen LogP contribution is -1.97. The van der Waals surface area contributed by atoms with Crippen LogP contribution in [0.4, 0.5) is 0 Å². The molecule has 0 fully saturated rings. The molecule has 0 aliphatic rings. The van der Waals surface area contributed by atoms with Crippen LogP contribution in [0.1, 0.15) is 24.9 Å². The van der Waals surface area contributed by atoms with Crippen molar-refractivity contribution in [1.82, 2.24) is 19.7 Å². The highest BCUT2D eigenvalue weighted by atomic mass is 35.5. The topological polar surface area (TPSA) is 43.6 Å². The second-order valence-corrected chi connectivity index (χ2v) is 5.47. The number of aromatic nitrogens is 4. The van der Waals surface area contributed by atoms with Gasteiger partial charge in [-0.25, -0.2) is 9.97 Å². The zero-order valence-electron chi connectivity index (χ0n) is 10.6. The molecule has 0 bridgehead atoms. The number of hydrogen-bond donors (Lipinski definition) is 0. The highest BCUT2D eigenvalue weighted by molar-refractivity contribution is 7.99. The Hall–Kier alpha value is -1.07. The summed E-state index contributed by atoms with van der Waals surface area (Å²) in [6.07, 6.45) is 1.85. The molecule has 0 amide bonds. The zero-order valence-corrected chi connectivity index (χ0v) is 12.2. The van der Waals surface area contributed by atoms with Crippen molar-refractivity contribution in [1.29, 1.82) is 0 Å². The molecule has 2 aromatic heterocycles. The Morgan fingerprint density at radius 3 is 2.72 bits per heavy atom. The van der Waals surface area contributed by atoms with E-state index in [1.54, 1.807) is 17.8 Å². The molecule has 0 saturated carbocycles. The maximum absolute atomic E-state index is 6.01. The minimum atomic E-state index is 0.495. The summed E-state index contributed by atoms with van der Waals surface area (Å²) in [5.41, 5.74) is 0.994. The van der Waals surface area contributed by atoms with Crippen molar-refractivity contribution in [3.8, 4) is 0 Å². The minimum absolute atomic E-state index is 0.495. The van der Waals surface area contributed by atoms with Gasteiger partial charge in [0.05, 0.1) is 5.69 Å². The molecular weight excluding hydrogens is 268 g/mol. The molecule has 96 valence electrons. The van der Waals surface area contributed by atoms with E-state index in [4.69, 9.17) is 11.6 Å². The van der Waals surface area contributed by atoms with Gasteiger partial charge in [-0.2, -0.15) is 5.10 Å². The molecule has 0 aliphatic carbocycles. The van der Waals surface area contributed by atoms with Crippen LogP contribution >= 0.6 is 23.4 Å². The van der Waals surface area contributed by atoms with Gasteiger partial charge in [0.2, 0.25) is 0 Å². The minimum Gasteiger partial charge on any atom is -0.261 e. The first kappa shape index (κ1) is 13.4. The first-order valence-corrected chi connectivity index (χ1v) is 7.00. The van der Waals surface area contributed by atoms with E-state index in [0.29, 0.717) is 5.15 Å². The maximum atomic E-state index is 6.01. The quantitative estimate of drug-likeness (QED) is 0.807. The van der Waals surface area contributed by atoms with Crippen molar-refractivity contribution in [2.45, 2.75) is 36.7 Å². The Labute approximate surface area is 116 Å². The first-order valence-electron chi connectivity index (χ1n) is 5.80. The molecular formula is C12H15ClN4S. The molecule has 0 aromatic carbocycles. The molecule has 0 atom stereocenters. The zero-order chi connectivity index (χ0) is 13.1. The second-order valence-electron chi connectivity index (χ2n) is 4.04. The number of nitrogens with zero attached hydrogens (tertiary/aromatic N) is 4. The average Bonchev–Trinajstić information content (AvgIpc) is 2.57. The van der Waals surface area contributed by atoms with Crippen molar-refractivity contribution in [2.75, 3.05) is 0 Å². The van der Waals surface area contributed by atoms with Crippen LogP contribution in [-0.4, -0.2) is 19.7 Å². The molecule has 18 heavy (non-hydrogen) atoms. The largest absolute Gasteiger partial charge is 0.261 e. The summed E-state index contributed by atoms with van der Waals surface area (Å²) in [5.74, 6) is 0.798. The summed E-state index contributed by atoms with van der Waals surface area (Å²) < 4.78 is 1.84. The van der Waals surface area contributed by atoms with Crippen LogP contribution in [0.15, 0.2) is 22.2 Å². The third-order valence-corrected chi connectivity index (χ3v) is 3.56. The van der Waals surface area contributed by atoms with Gasteiger partial charge < -0.3 is 0 Å². The van der Waals surface area contributed by atoms with Gasteiger partial charge in [0.1, 0.15) is 21.0 Å². The normalized spacial score (nSPS) is 10.9. The molecule has 0 unspecified atom stereocenters. The average molecular weight is 283 g/mol. The van der Waals surface area contributed by atoms with Crippen LogP contribution in [0.2, 0.25) is 5.15 Å². The standard InChI is InChI=1S/C12H15ClN4S/c1-4-5-10-14-9(13)7-11(15-10)18-12-6-8(2)16-17(12)3/h6-7H,4-5H2,1-3H3. The van der Waals surface area contributed by atoms with Crippen molar-refractivity contribution in [2.24, 2.45) is 7.05 Å². The third-order valence-electron chi connectivity index (χ3n) is 2.36. The van der Waals surface area contributed by atoms with Crippen molar-refractivity contribution >= 4 is 23.4 Å². The van der Waals surface area contributed by atoms with Crippen molar-refractivity contribution in [3.05, 3.63) is 28.8 Å². The van der Waals surface area contributed by atoms with E-state index >= 15 is 0 Å². The van der Waals surface area contributed by atoms with E-state index in [1.165, 1.54) is 0 Å². The molecule has 2 aromatic rings. The molecule has 2 rings (SSSR count). The van der Waals surface area contributed by atoms with Gasteiger partial charge in [-0.3, -0.25) is 4.68 Å². The van der Waals surface area contributed by atoms with E-state index < -0.39 is 0 Å². The Morgan fingerprint density at radius 1 is 1.33 bits per heavy atom. The highest BCUT2D eigenvalue weighted by Gasteiger charge is 2.08. The lowest BCUT2D eigenvalue weighted by Gasteiger charge is -2.04. The van der Waals surface area contributed by atoms with Gasteiger partial charge in [0.15, 0.2) is 0 Å². The molecule has 0 N–H and O–H groups in total. The SMILES string of the molecule is CCCc1nc(Cl)cc(Sc2cc(C)nn2C)n1. The summed E-state index contributed by atoms with van der Waals surface area (Å²) in [4.78, 5) is 8.71. The van der Waals surface area contributed by atoms with E-state index in [2.05, 4.69) is 22.0 Å². The fourth-order valence-corrected chi connectivity index (χ4v) is 2.82. The van der Waals surface area contributed by atoms with Crippen LogP contribution in [0.3, 0.4) is 0 Å². The van der Waals surface area contributed by atoms with Gasteiger partial charge in [-0.15, -0.1) is 0 Å². The Bertz CT molecular complexity index is 553. The monoisotopic (exact) mass is 282 g/mol. The summed E-state index contributed by atoms with van der Waals surface area (Å²) in [5, 5.41) is 6.71. The molecule has 6 heteroatoms. The lowest BCUT2D eigenvalue weighted by atomic mass is 10.3. The van der Waals surface area contributed by atoms with Crippen LogP contribution in [-0.2, 0) is 13.5 Å². The molecule has 0 saturated heterocycles. The van der Waals surface area contributed by atoms with E-state index in [0.717, 1.165) is 34.4 Å². The summed E-state index contributed by atoms with van der Waals surface area (Å²) in [6, 6.07) is 3.81. The fraction of sp³-hybridized carbons (Fsp3) is 0.417. The number of rotatable bonds is 4. The van der Waals surface area contributed by atoms with E-state index in [9.17, 15) is 0 Å². The Kier molecular flexibility index (Phi) is 4.24. The first-order chi connectivity index (χ1) is 8.58. The van der Waals surface area contributed by atoms with Crippen molar-refractivity contribution in [3.63, 3.8) is 0 Å². The van der Waals surface area contributed by atoms with Crippen LogP contribution in [0, 0.1) is 6.92 Å². The molecule has 0 radical (unpaired) electrons. The predicted octanol–water partition coefficient (Wildman–Crippen LogP) is 3.28. The predicted molar refractivity (Wildman–Crippen MR) is 73.1 cm³/mol. The second kappa shape index (κ2) is 5.71. The third kappa shape index (κ3) is 3.23. The molecule has 0 spiro atoms. The van der Waals surface area contributed by atoms with Crippen LogP contribution in [0.5, 0.6) is 0 Å². The van der Waals surface area contributed by atoms with Crippen LogP contribution in [0.25, 0.3) is 0 Å². The van der Waals surface area contributed by atoms with Crippen LogP contribution < -0.4 is 0 Å². The van der Waals surface area contributed by atoms with Gasteiger partial charge in [-0.1, -0.05) is 30.3 Å². The number of hydrogen-bond acceptors (Lipinski definition) is 4. The van der Waals surface area contributed by atoms with Gasteiger partial charge in [0, 0.05) is 19.5 Å². The highest BCUT2D eigenvalue weighted by Crippen LogP contribution is 2.27. The molecule has 4 nitrogen and oxygen atoms in total. The van der Waals surface area contributed by atoms with Gasteiger partial charge >= 0.3 is 0 Å². The maximum Gasteiger partial charge on any atom is 0.133 e. The lowest BCUT2D eigenvalue weighted by molar-refractivity contribution is 0.691. The van der Waals surface area contributed by atoms with Crippen molar-refractivity contribution < 1.29 is 0 Å². The van der Waals surface area contributed by atoms with E-state index in [-0.39, 0.29) is 0 Å². The number of halogens is 1. The van der Waals surface area contributed by atoms with E-state index in [1.807, 2.05) is 24.7 Å². The Morgan fingerprint density at radius 2 is 2.11 bits per heavy atom. The summed E-state index contributed by atoms with van der Waals surface area (Å²) in [7, 11) is 1.92. The Balaban J connectivity index is 2.25. The number of aryl methyl sites for hydroxylation is 3. The summed E-state index contributed by atoms with van der Waals surface area (Å²) >= 11 is 7.56. The smallest absolute Gasteiger partial charge is 0.133 e. The molecule has 2 heterocycles. The fourth-order valence-electron chi connectivity index (χ4n) is 1.62. The summed E-state index contributed by atoms with van der Waals surface area (Å²) in [6.45, 7) is 4.07. The molecule has 0 aliphatic heterocycles. The van der Waals surface area contributed by atoms with Gasteiger partial charge in [-0.05, 0) is 19.4 Å². The van der Waals surface area contributed by atoms with Gasteiger partial charge in [0.25, 0.3) is 0 Å².